The molecule has 0 aliphatic heterocycles. The molecule has 4 heteroatoms. The lowest BCUT2D eigenvalue weighted by Gasteiger charge is -2.29. The average Bonchev–Trinajstić information content (AvgIpc) is 2.01. The second-order valence-electron chi connectivity index (χ2n) is 4.14. The molecule has 4 nitrogen and oxygen atoms in total. The van der Waals surface area contributed by atoms with Crippen molar-refractivity contribution in [3.8, 4) is 0 Å². The fourth-order valence-electron chi connectivity index (χ4n) is 1.27. The van der Waals surface area contributed by atoms with E-state index in [0.717, 1.165) is 0 Å². The summed E-state index contributed by atoms with van der Waals surface area (Å²) in [7, 11) is 0. The molecular weight excluding hydrogens is 182 g/mol. The molecule has 0 radical (unpaired) electrons. The van der Waals surface area contributed by atoms with E-state index in [1.165, 1.54) is 0 Å². The second kappa shape index (κ2) is 5.98. The minimum Gasteiger partial charge on any atom is -0.481 e. The van der Waals surface area contributed by atoms with Gasteiger partial charge < -0.3 is 10.2 Å². The zero-order chi connectivity index (χ0) is 11.3. The molecule has 0 bridgehead atoms. The van der Waals surface area contributed by atoms with Gasteiger partial charge in [-0.15, -0.1) is 0 Å². The Morgan fingerprint density at radius 1 is 1.21 bits per heavy atom. The van der Waals surface area contributed by atoms with Crippen LogP contribution in [0.3, 0.4) is 0 Å². The first-order valence-corrected chi connectivity index (χ1v) is 4.99. The third-order valence-electron chi connectivity index (χ3n) is 2.16. The van der Waals surface area contributed by atoms with Gasteiger partial charge in [-0.1, -0.05) is 6.92 Å². The first kappa shape index (κ1) is 13.4. The highest BCUT2D eigenvalue weighted by molar-refractivity contribution is 5.69. The van der Waals surface area contributed by atoms with E-state index in [1.807, 2.05) is 18.7 Å². The van der Waals surface area contributed by atoms with Gasteiger partial charge in [-0.05, 0) is 20.8 Å². The summed E-state index contributed by atoms with van der Waals surface area (Å²) < 4.78 is 0. The van der Waals surface area contributed by atoms with Gasteiger partial charge in [-0.2, -0.15) is 0 Å². The number of rotatable bonds is 6. The third kappa shape index (κ3) is 5.19. The summed E-state index contributed by atoms with van der Waals surface area (Å²) in [5, 5.41) is 18.0. The molecule has 2 N–H and O–H groups in total. The minimum absolute atomic E-state index is 0.256. The highest BCUT2D eigenvalue weighted by Gasteiger charge is 2.19. The number of carboxylic acid groups (broad SMARTS) is 1. The zero-order valence-electron chi connectivity index (χ0n) is 9.40. The second-order valence-corrected chi connectivity index (χ2v) is 4.14. The van der Waals surface area contributed by atoms with Crippen LogP contribution >= 0.6 is 0 Å². The predicted molar refractivity (Wildman–Crippen MR) is 55.2 cm³/mol. The lowest BCUT2D eigenvalue weighted by Crippen LogP contribution is -2.40. The van der Waals surface area contributed by atoms with Crippen LogP contribution in [0, 0.1) is 5.92 Å². The first-order chi connectivity index (χ1) is 6.34. The average molecular weight is 203 g/mol. The van der Waals surface area contributed by atoms with Crippen LogP contribution in [0.4, 0.5) is 0 Å². The highest BCUT2D eigenvalue weighted by atomic mass is 16.4. The Hall–Kier alpha value is -0.610. The Morgan fingerprint density at radius 2 is 1.71 bits per heavy atom. The van der Waals surface area contributed by atoms with Gasteiger partial charge in [0.2, 0.25) is 0 Å². The van der Waals surface area contributed by atoms with Crippen molar-refractivity contribution in [2.75, 3.05) is 13.1 Å². The van der Waals surface area contributed by atoms with Gasteiger partial charge in [0.25, 0.3) is 0 Å². The quantitative estimate of drug-likeness (QED) is 0.670. The first-order valence-electron chi connectivity index (χ1n) is 4.99. The molecule has 2 atom stereocenters. The van der Waals surface area contributed by atoms with Crippen molar-refractivity contribution in [3.05, 3.63) is 0 Å². The van der Waals surface area contributed by atoms with Crippen molar-refractivity contribution < 1.29 is 15.0 Å². The number of carbonyl (C=O) groups is 1. The smallest absolute Gasteiger partial charge is 0.307 e. The van der Waals surface area contributed by atoms with E-state index in [4.69, 9.17) is 5.11 Å². The lowest BCUT2D eigenvalue weighted by atomic mass is 10.1. The molecule has 0 spiro atoms. The van der Waals surface area contributed by atoms with Gasteiger partial charge in [-0.25, -0.2) is 0 Å². The van der Waals surface area contributed by atoms with Crippen molar-refractivity contribution in [1.29, 1.82) is 0 Å². The van der Waals surface area contributed by atoms with Gasteiger partial charge in [0.05, 0.1) is 12.0 Å². The van der Waals surface area contributed by atoms with Gasteiger partial charge >= 0.3 is 5.97 Å². The molecule has 0 fully saturated rings. The monoisotopic (exact) mass is 203 g/mol. The molecule has 84 valence electrons. The van der Waals surface area contributed by atoms with Gasteiger partial charge in [0.1, 0.15) is 0 Å². The molecular formula is C10H21NO3. The lowest BCUT2D eigenvalue weighted by molar-refractivity contribution is -0.142. The van der Waals surface area contributed by atoms with Crippen molar-refractivity contribution >= 4 is 5.97 Å². The number of aliphatic hydroxyl groups excluding tert-OH is 1. The van der Waals surface area contributed by atoms with Crippen molar-refractivity contribution in [3.63, 3.8) is 0 Å². The predicted octanol–water partition coefficient (Wildman–Crippen LogP) is 0.798. The summed E-state index contributed by atoms with van der Waals surface area (Å²) in [6, 6.07) is 0.256. The summed E-state index contributed by atoms with van der Waals surface area (Å²) >= 11 is 0. The maximum Gasteiger partial charge on any atom is 0.307 e. The Labute approximate surface area is 85.5 Å². The van der Waals surface area contributed by atoms with Gasteiger partial charge in [-0.3, -0.25) is 9.69 Å². The molecule has 0 rings (SSSR count). The Bertz CT molecular complexity index is 180. The fourth-order valence-corrected chi connectivity index (χ4v) is 1.27. The van der Waals surface area contributed by atoms with E-state index in [-0.39, 0.29) is 6.04 Å². The van der Waals surface area contributed by atoms with Crippen LogP contribution in [0.5, 0.6) is 0 Å². The molecule has 0 saturated heterocycles. The maximum atomic E-state index is 10.7. The van der Waals surface area contributed by atoms with Gasteiger partial charge in [0.15, 0.2) is 0 Å². The SMILES string of the molecule is CC(O)CN(CC(C)C(=O)O)C(C)C. The van der Waals surface area contributed by atoms with Crippen molar-refractivity contribution in [2.45, 2.75) is 39.8 Å². The molecule has 0 saturated carbocycles. The largest absolute Gasteiger partial charge is 0.481 e. The molecule has 0 amide bonds. The van der Waals surface area contributed by atoms with E-state index in [1.54, 1.807) is 13.8 Å². The van der Waals surface area contributed by atoms with E-state index in [9.17, 15) is 9.90 Å². The van der Waals surface area contributed by atoms with Crippen LogP contribution in [-0.4, -0.2) is 46.3 Å². The van der Waals surface area contributed by atoms with Crippen molar-refractivity contribution in [2.24, 2.45) is 5.92 Å². The van der Waals surface area contributed by atoms with E-state index in [2.05, 4.69) is 0 Å². The number of hydrogen-bond acceptors (Lipinski definition) is 3. The summed E-state index contributed by atoms with van der Waals surface area (Å²) in [6.45, 7) is 8.39. The molecule has 14 heavy (non-hydrogen) atoms. The molecule has 0 aliphatic rings. The molecule has 0 heterocycles. The number of aliphatic hydroxyl groups is 1. The molecule has 0 aromatic rings. The number of aliphatic carboxylic acids is 1. The summed E-state index contributed by atoms with van der Waals surface area (Å²) in [4.78, 5) is 12.6. The number of hydrogen-bond donors (Lipinski definition) is 2. The van der Waals surface area contributed by atoms with Crippen LogP contribution in [-0.2, 0) is 4.79 Å². The number of carboxylic acids is 1. The fraction of sp³-hybridized carbons (Fsp3) is 0.900. The van der Waals surface area contributed by atoms with Crippen molar-refractivity contribution in [1.82, 2.24) is 4.90 Å². The van der Waals surface area contributed by atoms with E-state index >= 15 is 0 Å². The Morgan fingerprint density at radius 3 is 2.00 bits per heavy atom. The van der Waals surface area contributed by atoms with Crippen LogP contribution in [0.25, 0.3) is 0 Å². The topological polar surface area (TPSA) is 60.8 Å². The van der Waals surface area contributed by atoms with E-state index < -0.39 is 18.0 Å². The zero-order valence-corrected chi connectivity index (χ0v) is 9.40. The maximum absolute atomic E-state index is 10.7. The minimum atomic E-state index is -0.791. The standard InChI is InChI=1S/C10H21NO3/c1-7(2)11(6-9(4)12)5-8(3)10(13)14/h7-9,12H,5-6H2,1-4H3,(H,13,14). The highest BCUT2D eigenvalue weighted by Crippen LogP contribution is 2.06. The van der Waals surface area contributed by atoms with Crippen LogP contribution in [0.15, 0.2) is 0 Å². The van der Waals surface area contributed by atoms with Crippen LogP contribution < -0.4 is 0 Å². The summed E-state index contributed by atoms with van der Waals surface area (Å²) in [6.07, 6.45) is -0.418. The van der Waals surface area contributed by atoms with Gasteiger partial charge in [0, 0.05) is 19.1 Å². The molecule has 0 aromatic heterocycles. The normalized spacial score (nSPS) is 15.9. The molecule has 0 aromatic carbocycles. The Kier molecular flexibility index (Phi) is 5.72. The number of nitrogens with zero attached hydrogens (tertiary/aromatic N) is 1. The van der Waals surface area contributed by atoms with E-state index in [0.29, 0.717) is 13.1 Å². The summed E-state index contributed by atoms with van der Waals surface area (Å²) in [5.41, 5.74) is 0. The van der Waals surface area contributed by atoms with Crippen LogP contribution in [0.1, 0.15) is 27.7 Å². The molecule has 0 aliphatic carbocycles. The molecule has 2 unspecified atom stereocenters. The summed E-state index contributed by atoms with van der Waals surface area (Å²) in [5.74, 6) is -1.18. The Balaban J connectivity index is 4.16. The third-order valence-corrected chi connectivity index (χ3v) is 2.16. The van der Waals surface area contributed by atoms with Crippen LogP contribution in [0.2, 0.25) is 0 Å².